The Morgan fingerprint density at radius 1 is 1.25 bits per heavy atom. The van der Waals surface area contributed by atoms with Gasteiger partial charge in [-0.1, -0.05) is 0 Å². The van der Waals surface area contributed by atoms with Crippen LogP contribution in [0.2, 0.25) is 0 Å². The van der Waals surface area contributed by atoms with Crippen LogP contribution in [0.4, 0.5) is 5.69 Å². The number of nitro benzene ring substituents is 1. The Bertz CT molecular complexity index is 582. The summed E-state index contributed by atoms with van der Waals surface area (Å²) in [6.07, 6.45) is 1.13. The van der Waals surface area contributed by atoms with E-state index in [1.807, 2.05) is 0 Å². The summed E-state index contributed by atoms with van der Waals surface area (Å²) in [4.78, 5) is 9.79. The monoisotopic (exact) mass is 301 g/mol. The molecule has 2 atom stereocenters. The number of aliphatic hydroxyl groups is 1. The predicted octanol–water partition coefficient (Wildman–Crippen LogP) is 1.60. The Kier molecular flexibility index (Phi) is 4.36. The van der Waals surface area contributed by atoms with Gasteiger partial charge in [0.2, 0.25) is 0 Å². The zero-order valence-corrected chi connectivity index (χ0v) is 11.5. The standard InChI is InChI=1S/C12H15NO6S/c14-10-2-1-3-11(8-10)19-20(17,18)12-6-4-9(5-7-12)13(15)16/h4-7,10-11,14H,1-3,8H2/t10-,11+/m1/s1. The third-order valence-electron chi connectivity index (χ3n) is 3.20. The van der Waals surface area contributed by atoms with Crippen molar-refractivity contribution in [3.05, 3.63) is 34.4 Å². The van der Waals surface area contributed by atoms with E-state index in [1.165, 1.54) is 0 Å². The van der Waals surface area contributed by atoms with Gasteiger partial charge in [-0.3, -0.25) is 14.3 Å². The Morgan fingerprint density at radius 2 is 1.90 bits per heavy atom. The number of benzene rings is 1. The predicted molar refractivity (Wildman–Crippen MR) is 69.6 cm³/mol. The van der Waals surface area contributed by atoms with Gasteiger partial charge in [0.1, 0.15) is 0 Å². The summed E-state index contributed by atoms with van der Waals surface area (Å²) in [5.41, 5.74) is -0.183. The Hall–Kier alpha value is -1.51. The fourth-order valence-corrected chi connectivity index (χ4v) is 3.29. The molecule has 1 N–H and O–H groups in total. The number of non-ortho nitro benzene ring substituents is 1. The lowest BCUT2D eigenvalue weighted by Gasteiger charge is -2.25. The zero-order chi connectivity index (χ0) is 14.8. The Morgan fingerprint density at radius 3 is 2.45 bits per heavy atom. The third-order valence-corrected chi connectivity index (χ3v) is 4.57. The summed E-state index contributed by atoms with van der Waals surface area (Å²) in [5.74, 6) is 0. The van der Waals surface area contributed by atoms with E-state index in [4.69, 9.17) is 4.18 Å². The molecule has 1 fully saturated rings. The molecule has 2 rings (SSSR count). The van der Waals surface area contributed by atoms with Crippen LogP contribution in [-0.2, 0) is 14.3 Å². The van der Waals surface area contributed by atoms with Crippen LogP contribution in [0.1, 0.15) is 25.7 Å². The first-order valence-electron chi connectivity index (χ1n) is 6.24. The minimum atomic E-state index is -3.96. The van der Waals surface area contributed by atoms with E-state index in [0.29, 0.717) is 19.3 Å². The van der Waals surface area contributed by atoms with Crippen molar-refractivity contribution in [1.82, 2.24) is 0 Å². The van der Waals surface area contributed by atoms with E-state index in [-0.39, 0.29) is 17.0 Å². The SMILES string of the molecule is O=[N+]([O-])c1ccc(S(=O)(=O)O[C@H]2CCC[C@@H](O)C2)cc1. The molecule has 110 valence electrons. The Balaban J connectivity index is 2.11. The summed E-state index contributed by atoms with van der Waals surface area (Å²) in [7, 11) is -3.96. The van der Waals surface area contributed by atoms with Gasteiger partial charge < -0.3 is 5.11 Å². The fraction of sp³-hybridized carbons (Fsp3) is 0.500. The van der Waals surface area contributed by atoms with Crippen molar-refractivity contribution < 1.29 is 22.6 Å². The van der Waals surface area contributed by atoms with Gasteiger partial charge in [0, 0.05) is 18.6 Å². The second-order valence-electron chi connectivity index (χ2n) is 4.74. The van der Waals surface area contributed by atoms with Crippen LogP contribution in [0, 0.1) is 10.1 Å². The molecule has 0 aliphatic heterocycles. The fourth-order valence-electron chi connectivity index (χ4n) is 2.18. The first kappa shape index (κ1) is 14.9. The second kappa shape index (κ2) is 5.86. The van der Waals surface area contributed by atoms with Gasteiger partial charge in [-0.25, -0.2) is 0 Å². The van der Waals surface area contributed by atoms with Crippen LogP contribution >= 0.6 is 0 Å². The molecule has 0 radical (unpaired) electrons. The van der Waals surface area contributed by atoms with E-state index in [1.54, 1.807) is 0 Å². The lowest BCUT2D eigenvalue weighted by Crippen LogP contribution is -2.28. The molecule has 7 nitrogen and oxygen atoms in total. The van der Waals surface area contributed by atoms with Crippen molar-refractivity contribution in [2.45, 2.75) is 42.8 Å². The van der Waals surface area contributed by atoms with Gasteiger partial charge >= 0.3 is 0 Å². The molecule has 0 aromatic heterocycles. The van der Waals surface area contributed by atoms with Crippen LogP contribution in [0.15, 0.2) is 29.2 Å². The van der Waals surface area contributed by atoms with Gasteiger partial charge in [-0.15, -0.1) is 0 Å². The maximum absolute atomic E-state index is 12.0. The van der Waals surface area contributed by atoms with Crippen LogP contribution in [-0.4, -0.2) is 30.7 Å². The van der Waals surface area contributed by atoms with Gasteiger partial charge in [0.15, 0.2) is 0 Å². The molecule has 0 unspecified atom stereocenters. The largest absolute Gasteiger partial charge is 0.393 e. The van der Waals surface area contributed by atoms with Crippen LogP contribution in [0.5, 0.6) is 0 Å². The van der Waals surface area contributed by atoms with E-state index in [2.05, 4.69) is 0 Å². The zero-order valence-electron chi connectivity index (χ0n) is 10.6. The van der Waals surface area contributed by atoms with Crippen molar-refractivity contribution in [1.29, 1.82) is 0 Å². The summed E-state index contributed by atoms with van der Waals surface area (Å²) in [5, 5.41) is 20.0. The average molecular weight is 301 g/mol. The average Bonchev–Trinajstić information content (AvgIpc) is 2.38. The molecule has 0 bridgehead atoms. The molecule has 8 heteroatoms. The molecule has 0 saturated heterocycles. The number of nitro groups is 1. The molecule has 0 heterocycles. The van der Waals surface area contributed by atoms with Crippen LogP contribution in [0.25, 0.3) is 0 Å². The number of rotatable bonds is 4. The molecule has 1 aliphatic rings. The van der Waals surface area contributed by atoms with Gasteiger partial charge in [0.25, 0.3) is 15.8 Å². The van der Waals surface area contributed by atoms with E-state index in [0.717, 1.165) is 24.3 Å². The number of nitrogens with zero attached hydrogens (tertiary/aromatic N) is 1. The van der Waals surface area contributed by atoms with Crippen molar-refractivity contribution in [2.75, 3.05) is 0 Å². The number of aliphatic hydroxyl groups excluding tert-OH is 1. The highest BCUT2D eigenvalue weighted by atomic mass is 32.2. The number of hydrogen-bond donors (Lipinski definition) is 1. The molecule has 0 amide bonds. The lowest BCUT2D eigenvalue weighted by molar-refractivity contribution is -0.384. The molecule has 1 saturated carbocycles. The van der Waals surface area contributed by atoms with E-state index in [9.17, 15) is 23.6 Å². The maximum atomic E-state index is 12.0. The van der Waals surface area contributed by atoms with Crippen molar-refractivity contribution >= 4 is 15.8 Å². The first-order chi connectivity index (χ1) is 9.38. The molecular formula is C12H15NO6S. The normalized spacial score (nSPS) is 23.4. The van der Waals surface area contributed by atoms with Crippen LogP contribution in [0.3, 0.4) is 0 Å². The Labute approximate surface area is 116 Å². The summed E-state index contributed by atoms with van der Waals surface area (Å²) >= 11 is 0. The summed E-state index contributed by atoms with van der Waals surface area (Å²) < 4.78 is 29.1. The van der Waals surface area contributed by atoms with Crippen molar-refractivity contribution in [3.8, 4) is 0 Å². The van der Waals surface area contributed by atoms with Crippen molar-refractivity contribution in [3.63, 3.8) is 0 Å². The molecule has 1 aliphatic carbocycles. The quantitative estimate of drug-likeness (QED) is 0.514. The lowest BCUT2D eigenvalue weighted by atomic mass is 9.95. The highest BCUT2D eigenvalue weighted by Crippen LogP contribution is 2.25. The van der Waals surface area contributed by atoms with Crippen LogP contribution < -0.4 is 0 Å². The molecule has 0 spiro atoms. The smallest absolute Gasteiger partial charge is 0.297 e. The molecule has 1 aromatic carbocycles. The van der Waals surface area contributed by atoms with Gasteiger partial charge in [0.05, 0.1) is 22.0 Å². The molecular weight excluding hydrogens is 286 g/mol. The minimum absolute atomic E-state index is 0.122. The minimum Gasteiger partial charge on any atom is -0.393 e. The topological polar surface area (TPSA) is 107 Å². The maximum Gasteiger partial charge on any atom is 0.297 e. The number of hydrogen-bond acceptors (Lipinski definition) is 6. The van der Waals surface area contributed by atoms with E-state index < -0.39 is 27.2 Å². The summed E-state index contributed by atoms with van der Waals surface area (Å²) in [6, 6.07) is 4.53. The van der Waals surface area contributed by atoms with E-state index >= 15 is 0 Å². The highest BCUT2D eigenvalue weighted by molar-refractivity contribution is 7.86. The van der Waals surface area contributed by atoms with Gasteiger partial charge in [-0.2, -0.15) is 8.42 Å². The van der Waals surface area contributed by atoms with Crippen molar-refractivity contribution in [2.24, 2.45) is 0 Å². The molecule has 20 heavy (non-hydrogen) atoms. The second-order valence-corrected chi connectivity index (χ2v) is 6.32. The highest BCUT2D eigenvalue weighted by Gasteiger charge is 2.27. The molecule has 1 aromatic rings. The first-order valence-corrected chi connectivity index (χ1v) is 7.65. The third kappa shape index (κ3) is 3.53. The van der Waals surface area contributed by atoms with Gasteiger partial charge in [-0.05, 0) is 31.4 Å². The summed E-state index contributed by atoms with van der Waals surface area (Å²) in [6.45, 7) is 0.